The molecule has 0 radical (unpaired) electrons. The van der Waals surface area contributed by atoms with E-state index in [0.717, 1.165) is 25.8 Å². The highest BCUT2D eigenvalue weighted by Crippen LogP contribution is 2.22. The molecule has 4 nitrogen and oxygen atoms in total. The third kappa shape index (κ3) is 2.52. The number of benzene rings is 1. The molecule has 0 aliphatic carbocycles. The van der Waals surface area contributed by atoms with Crippen molar-refractivity contribution in [3.8, 4) is 6.07 Å². The van der Waals surface area contributed by atoms with Crippen LogP contribution in [-0.2, 0) is 4.79 Å². The van der Waals surface area contributed by atoms with Gasteiger partial charge in [-0.1, -0.05) is 12.1 Å². The van der Waals surface area contributed by atoms with Crippen molar-refractivity contribution in [1.29, 1.82) is 5.26 Å². The summed E-state index contributed by atoms with van der Waals surface area (Å²) in [4.78, 5) is 12.3. The fourth-order valence-electron chi connectivity index (χ4n) is 2.20. The molecule has 0 bridgehead atoms. The highest BCUT2D eigenvalue weighted by atomic mass is 16.2. The lowest BCUT2D eigenvalue weighted by Gasteiger charge is -2.33. The maximum absolute atomic E-state index is 12.3. The Bertz CT molecular complexity index is 484. The Morgan fingerprint density at radius 1 is 1.44 bits per heavy atom. The number of amides is 1. The minimum Gasteiger partial charge on any atom is -0.323 e. The number of rotatable bonds is 2. The lowest BCUT2D eigenvalue weighted by Crippen LogP contribution is -2.54. The van der Waals surface area contributed by atoms with E-state index in [1.807, 2.05) is 13.0 Å². The maximum atomic E-state index is 12.3. The molecule has 1 fully saturated rings. The molecule has 1 aliphatic heterocycles. The molecule has 1 unspecified atom stereocenters. The second-order valence-electron chi connectivity index (χ2n) is 4.83. The zero-order chi connectivity index (χ0) is 13.0. The number of hydrogen-bond acceptors (Lipinski definition) is 3. The zero-order valence-electron chi connectivity index (χ0n) is 10.5. The van der Waals surface area contributed by atoms with Gasteiger partial charge < -0.3 is 10.6 Å². The van der Waals surface area contributed by atoms with Crippen LogP contribution in [0.15, 0.2) is 24.3 Å². The van der Waals surface area contributed by atoms with Crippen molar-refractivity contribution in [2.24, 2.45) is 0 Å². The van der Waals surface area contributed by atoms with Gasteiger partial charge in [-0.05, 0) is 44.9 Å². The summed E-state index contributed by atoms with van der Waals surface area (Å²) in [6.45, 7) is 2.78. The number of piperidine rings is 1. The van der Waals surface area contributed by atoms with Gasteiger partial charge in [0.2, 0.25) is 5.91 Å². The Hall–Kier alpha value is -1.86. The van der Waals surface area contributed by atoms with Crippen LogP contribution in [0.1, 0.15) is 31.7 Å². The van der Waals surface area contributed by atoms with Crippen molar-refractivity contribution in [2.45, 2.75) is 31.7 Å². The molecule has 1 aromatic rings. The van der Waals surface area contributed by atoms with Gasteiger partial charge in [-0.3, -0.25) is 4.79 Å². The summed E-state index contributed by atoms with van der Waals surface area (Å²) in [5, 5.41) is 15.1. The van der Waals surface area contributed by atoms with Gasteiger partial charge in [0.05, 0.1) is 16.8 Å². The first-order valence-corrected chi connectivity index (χ1v) is 6.21. The summed E-state index contributed by atoms with van der Waals surface area (Å²) >= 11 is 0. The van der Waals surface area contributed by atoms with E-state index in [0.29, 0.717) is 11.3 Å². The summed E-state index contributed by atoms with van der Waals surface area (Å²) in [5.41, 5.74) is 0.546. The number of nitrogens with one attached hydrogen (secondary N) is 2. The molecule has 18 heavy (non-hydrogen) atoms. The smallest absolute Gasteiger partial charge is 0.244 e. The molecule has 0 spiro atoms. The zero-order valence-corrected chi connectivity index (χ0v) is 10.5. The van der Waals surface area contributed by atoms with Gasteiger partial charge in [0.15, 0.2) is 0 Å². The Kier molecular flexibility index (Phi) is 3.63. The third-order valence-corrected chi connectivity index (χ3v) is 3.42. The molecule has 1 heterocycles. The molecule has 0 saturated carbocycles. The van der Waals surface area contributed by atoms with Gasteiger partial charge in [-0.2, -0.15) is 5.26 Å². The fourth-order valence-corrected chi connectivity index (χ4v) is 2.20. The van der Waals surface area contributed by atoms with Crippen LogP contribution < -0.4 is 10.6 Å². The summed E-state index contributed by atoms with van der Waals surface area (Å²) in [5.74, 6) is -0.0649. The second-order valence-corrected chi connectivity index (χ2v) is 4.83. The number of anilines is 1. The third-order valence-electron chi connectivity index (χ3n) is 3.42. The molecule has 2 N–H and O–H groups in total. The highest BCUT2D eigenvalue weighted by Gasteiger charge is 2.34. The highest BCUT2D eigenvalue weighted by molar-refractivity contribution is 5.98. The lowest BCUT2D eigenvalue weighted by atomic mass is 9.90. The van der Waals surface area contributed by atoms with E-state index in [9.17, 15) is 4.79 Å². The van der Waals surface area contributed by atoms with Gasteiger partial charge in [0, 0.05) is 0 Å². The van der Waals surface area contributed by atoms with Gasteiger partial charge in [-0.15, -0.1) is 0 Å². The number of hydrogen-bond donors (Lipinski definition) is 2. The quantitative estimate of drug-likeness (QED) is 0.835. The van der Waals surface area contributed by atoms with Crippen LogP contribution in [0.2, 0.25) is 0 Å². The summed E-state index contributed by atoms with van der Waals surface area (Å²) in [6, 6.07) is 9.13. The SMILES string of the molecule is CC1(C(=O)Nc2ccccc2C#N)CCCCN1. The molecule has 2 rings (SSSR count). The first-order valence-electron chi connectivity index (χ1n) is 6.21. The number of para-hydroxylation sites is 1. The van der Waals surface area contributed by atoms with Crippen LogP contribution in [0.4, 0.5) is 5.69 Å². The molecular weight excluding hydrogens is 226 g/mol. The molecule has 1 amide bonds. The predicted molar refractivity (Wildman–Crippen MR) is 70.0 cm³/mol. The Morgan fingerprint density at radius 3 is 2.89 bits per heavy atom. The molecule has 1 aromatic carbocycles. The molecule has 1 aliphatic rings. The number of nitrogens with zero attached hydrogens (tertiary/aromatic N) is 1. The molecule has 0 aromatic heterocycles. The predicted octanol–water partition coefficient (Wildman–Crippen LogP) is 2.03. The van der Waals surface area contributed by atoms with Crippen LogP contribution in [-0.4, -0.2) is 18.0 Å². The molecule has 1 saturated heterocycles. The fraction of sp³-hybridized carbons (Fsp3) is 0.429. The maximum Gasteiger partial charge on any atom is 0.244 e. The average molecular weight is 243 g/mol. The summed E-state index contributed by atoms with van der Waals surface area (Å²) in [6.07, 6.45) is 2.99. The van der Waals surface area contributed by atoms with E-state index in [4.69, 9.17) is 5.26 Å². The van der Waals surface area contributed by atoms with E-state index in [1.54, 1.807) is 18.2 Å². The van der Waals surface area contributed by atoms with Gasteiger partial charge in [0.1, 0.15) is 6.07 Å². The number of carbonyl (C=O) groups excluding carboxylic acids is 1. The van der Waals surface area contributed by atoms with Gasteiger partial charge in [-0.25, -0.2) is 0 Å². The monoisotopic (exact) mass is 243 g/mol. The first kappa shape index (κ1) is 12.6. The van der Waals surface area contributed by atoms with Gasteiger partial charge >= 0.3 is 0 Å². The molecule has 4 heteroatoms. The van der Waals surface area contributed by atoms with E-state index in [-0.39, 0.29) is 5.91 Å². The van der Waals surface area contributed by atoms with E-state index in [1.165, 1.54) is 0 Å². The Labute approximate surface area is 107 Å². The molecule has 1 atom stereocenters. The number of nitriles is 1. The largest absolute Gasteiger partial charge is 0.323 e. The van der Waals surface area contributed by atoms with E-state index in [2.05, 4.69) is 16.7 Å². The first-order chi connectivity index (χ1) is 8.65. The minimum absolute atomic E-state index is 0.0649. The van der Waals surface area contributed by atoms with E-state index >= 15 is 0 Å². The van der Waals surface area contributed by atoms with Crippen LogP contribution in [0, 0.1) is 11.3 Å². The Balaban J connectivity index is 2.14. The summed E-state index contributed by atoms with van der Waals surface area (Å²) < 4.78 is 0. The molecular formula is C14H17N3O. The van der Waals surface area contributed by atoms with Crippen molar-refractivity contribution in [1.82, 2.24) is 5.32 Å². The van der Waals surface area contributed by atoms with Crippen molar-refractivity contribution < 1.29 is 4.79 Å². The topological polar surface area (TPSA) is 64.9 Å². The number of carbonyl (C=O) groups is 1. The van der Waals surface area contributed by atoms with Crippen LogP contribution >= 0.6 is 0 Å². The second kappa shape index (κ2) is 5.19. The van der Waals surface area contributed by atoms with Crippen LogP contribution in [0.5, 0.6) is 0 Å². The van der Waals surface area contributed by atoms with Crippen molar-refractivity contribution >= 4 is 11.6 Å². The standard InChI is InChI=1S/C14H17N3O/c1-14(8-4-5-9-16-14)13(18)17-12-7-3-2-6-11(12)10-15/h2-3,6-7,16H,4-5,8-9H2,1H3,(H,17,18). The molecule has 94 valence electrons. The normalized spacial score (nSPS) is 23.1. The Morgan fingerprint density at radius 2 is 2.22 bits per heavy atom. The van der Waals surface area contributed by atoms with Crippen LogP contribution in [0.25, 0.3) is 0 Å². The average Bonchev–Trinajstić information content (AvgIpc) is 2.40. The van der Waals surface area contributed by atoms with Crippen molar-refractivity contribution in [3.05, 3.63) is 29.8 Å². The van der Waals surface area contributed by atoms with Crippen molar-refractivity contribution in [2.75, 3.05) is 11.9 Å². The van der Waals surface area contributed by atoms with Gasteiger partial charge in [0.25, 0.3) is 0 Å². The minimum atomic E-state index is -0.527. The van der Waals surface area contributed by atoms with Crippen LogP contribution in [0.3, 0.4) is 0 Å². The summed E-state index contributed by atoms with van der Waals surface area (Å²) in [7, 11) is 0. The lowest BCUT2D eigenvalue weighted by molar-refractivity contribution is -0.122. The van der Waals surface area contributed by atoms with Crippen molar-refractivity contribution in [3.63, 3.8) is 0 Å². The van der Waals surface area contributed by atoms with E-state index < -0.39 is 5.54 Å².